The number of aliphatic carboxylic acids is 1. The minimum absolute atomic E-state index is 0.0109. The molecule has 1 saturated heterocycles. The number of carbonyl (C=O) groups is 2. The Kier molecular flexibility index (Phi) is 3.51. The highest BCUT2D eigenvalue weighted by Crippen LogP contribution is 2.37. The van der Waals surface area contributed by atoms with Crippen molar-refractivity contribution in [3.05, 3.63) is 0 Å². The van der Waals surface area contributed by atoms with Gasteiger partial charge >= 0.3 is 12.0 Å². The van der Waals surface area contributed by atoms with Crippen molar-refractivity contribution < 1.29 is 19.4 Å². The molecule has 1 aliphatic carbocycles. The van der Waals surface area contributed by atoms with Crippen LogP contribution in [0.25, 0.3) is 0 Å². The first-order valence-corrected chi connectivity index (χ1v) is 5.90. The van der Waals surface area contributed by atoms with E-state index in [2.05, 4.69) is 5.32 Å². The number of nitrogens with zero attached hydrogens (tertiary/aromatic N) is 1. The molecule has 3 unspecified atom stereocenters. The number of carboxylic acid groups (broad SMARTS) is 1. The number of hydrogen-bond acceptors (Lipinski definition) is 3. The van der Waals surface area contributed by atoms with E-state index in [0.29, 0.717) is 12.0 Å². The van der Waals surface area contributed by atoms with Crippen LogP contribution >= 0.6 is 0 Å². The van der Waals surface area contributed by atoms with Gasteiger partial charge in [0.05, 0.1) is 6.61 Å². The first-order chi connectivity index (χ1) is 8.11. The van der Waals surface area contributed by atoms with Crippen LogP contribution in [0.3, 0.4) is 0 Å². The standard InChI is InChI=1S/C11H18N2O4/c1-17-6-9(10(14)15)12-11(16)13-5-7-2-3-8(13)4-7/h7-9H,2-6H2,1H3,(H,12,16)(H,14,15). The van der Waals surface area contributed by atoms with Crippen molar-refractivity contribution >= 4 is 12.0 Å². The number of hydrogen-bond donors (Lipinski definition) is 2. The van der Waals surface area contributed by atoms with Gasteiger partial charge in [-0.2, -0.15) is 0 Å². The molecule has 0 spiro atoms. The average Bonchev–Trinajstić information content (AvgIpc) is 2.89. The van der Waals surface area contributed by atoms with E-state index in [1.807, 2.05) is 0 Å². The summed E-state index contributed by atoms with van der Waals surface area (Å²) in [5.41, 5.74) is 0. The quantitative estimate of drug-likeness (QED) is 0.742. The topological polar surface area (TPSA) is 78.9 Å². The third-order valence-corrected chi connectivity index (χ3v) is 3.60. The second kappa shape index (κ2) is 4.91. The Hall–Kier alpha value is -1.30. The van der Waals surface area contributed by atoms with Crippen LogP contribution in [0.1, 0.15) is 19.3 Å². The normalized spacial score (nSPS) is 28.2. The third kappa shape index (κ3) is 2.52. The van der Waals surface area contributed by atoms with E-state index in [4.69, 9.17) is 9.84 Å². The lowest BCUT2D eigenvalue weighted by Gasteiger charge is -2.28. The molecule has 0 aromatic rings. The number of nitrogens with one attached hydrogen (secondary N) is 1. The summed E-state index contributed by atoms with van der Waals surface area (Å²) in [5.74, 6) is -0.457. The van der Waals surface area contributed by atoms with Gasteiger partial charge in [0, 0.05) is 19.7 Å². The van der Waals surface area contributed by atoms with Gasteiger partial charge in [0.15, 0.2) is 6.04 Å². The monoisotopic (exact) mass is 242 g/mol. The summed E-state index contributed by atoms with van der Waals surface area (Å²) >= 11 is 0. The molecule has 2 fully saturated rings. The summed E-state index contributed by atoms with van der Waals surface area (Å²) in [6, 6.07) is -0.940. The molecule has 6 heteroatoms. The maximum atomic E-state index is 11.9. The number of likely N-dealkylation sites (tertiary alicyclic amines) is 1. The molecule has 1 heterocycles. The molecule has 2 amide bonds. The zero-order valence-electron chi connectivity index (χ0n) is 9.89. The Morgan fingerprint density at radius 2 is 2.29 bits per heavy atom. The van der Waals surface area contributed by atoms with Gasteiger partial charge in [0.1, 0.15) is 0 Å². The second-order valence-electron chi connectivity index (χ2n) is 4.78. The van der Waals surface area contributed by atoms with Crippen LogP contribution in [-0.2, 0) is 9.53 Å². The average molecular weight is 242 g/mol. The number of methoxy groups -OCH3 is 1. The van der Waals surface area contributed by atoms with E-state index in [1.165, 1.54) is 13.5 Å². The maximum Gasteiger partial charge on any atom is 0.328 e. The second-order valence-corrected chi connectivity index (χ2v) is 4.78. The van der Waals surface area contributed by atoms with E-state index in [9.17, 15) is 9.59 Å². The molecule has 2 rings (SSSR count). The summed E-state index contributed by atoms with van der Waals surface area (Å²) in [5, 5.41) is 11.4. The molecule has 2 aliphatic rings. The lowest BCUT2D eigenvalue weighted by Crippen LogP contribution is -2.51. The van der Waals surface area contributed by atoms with Crippen LogP contribution in [0.15, 0.2) is 0 Å². The van der Waals surface area contributed by atoms with Crippen molar-refractivity contribution in [1.82, 2.24) is 10.2 Å². The summed E-state index contributed by atoms with van der Waals surface area (Å²) < 4.78 is 4.78. The van der Waals surface area contributed by atoms with Crippen LogP contribution in [-0.4, -0.2) is 54.4 Å². The summed E-state index contributed by atoms with van der Waals surface area (Å²) in [7, 11) is 1.42. The molecule has 0 radical (unpaired) electrons. The minimum Gasteiger partial charge on any atom is -0.480 e. The zero-order valence-corrected chi connectivity index (χ0v) is 9.89. The van der Waals surface area contributed by atoms with Crippen LogP contribution in [0.5, 0.6) is 0 Å². The molecule has 6 nitrogen and oxygen atoms in total. The van der Waals surface area contributed by atoms with Gasteiger partial charge in [-0.05, 0) is 25.2 Å². The Morgan fingerprint density at radius 3 is 2.76 bits per heavy atom. The summed E-state index contributed by atoms with van der Waals surface area (Å²) in [4.78, 5) is 24.6. The highest BCUT2D eigenvalue weighted by molar-refractivity contribution is 5.83. The van der Waals surface area contributed by atoms with Gasteiger partial charge in [-0.3, -0.25) is 0 Å². The van der Waals surface area contributed by atoms with E-state index < -0.39 is 12.0 Å². The summed E-state index contributed by atoms with van der Waals surface area (Å²) in [6.07, 6.45) is 3.30. The summed E-state index contributed by atoms with van der Waals surface area (Å²) in [6.45, 7) is 0.749. The first kappa shape index (κ1) is 12.2. The van der Waals surface area contributed by atoms with Crippen molar-refractivity contribution in [3.8, 4) is 0 Å². The number of amides is 2. The van der Waals surface area contributed by atoms with Crippen molar-refractivity contribution in [2.75, 3.05) is 20.3 Å². The Balaban J connectivity index is 1.89. The van der Waals surface area contributed by atoms with E-state index in [1.54, 1.807) is 4.90 Å². The molecular weight excluding hydrogens is 224 g/mol. The molecule has 2 N–H and O–H groups in total. The van der Waals surface area contributed by atoms with Crippen molar-refractivity contribution in [2.24, 2.45) is 5.92 Å². The fourth-order valence-electron chi connectivity index (χ4n) is 2.75. The number of fused-ring (bicyclic) bond motifs is 2. The Morgan fingerprint density at radius 1 is 1.53 bits per heavy atom. The number of carbonyl (C=O) groups excluding carboxylic acids is 1. The molecule has 3 atom stereocenters. The van der Waals surface area contributed by atoms with Gasteiger partial charge in [0.25, 0.3) is 0 Å². The largest absolute Gasteiger partial charge is 0.480 e. The van der Waals surface area contributed by atoms with Crippen LogP contribution in [0, 0.1) is 5.92 Å². The smallest absolute Gasteiger partial charge is 0.328 e. The fourth-order valence-corrected chi connectivity index (χ4v) is 2.75. The first-order valence-electron chi connectivity index (χ1n) is 5.90. The van der Waals surface area contributed by atoms with E-state index in [-0.39, 0.29) is 12.6 Å². The number of rotatable bonds is 4. The SMILES string of the molecule is COCC(NC(=O)N1CC2CCC1C2)C(=O)O. The molecule has 17 heavy (non-hydrogen) atoms. The molecule has 1 saturated carbocycles. The van der Waals surface area contributed by atoms with Gasteiger partial charge in [-0.25, -0.2) is 9.59 Å². The maximum absolute atomic E-state index is 11.9. The number of piperidine rings is 1. The van der Waals surface area contributed by atoms with Gasteiger partial charge < -0.3 is 20.1 Å². The van der Waals surface area contributed by atoms with Gasteiger partial charge in [-0.1, -0.05) is 0 Å². The van der Waals surface area contributed by atoms with E-state index >= 15 is 0 Å². The Bertz CT molecular complexity index is 321. The van der Waals surface area contributed by atoms with Crippen LogP contribution in [0.4, 0.5) is 4.79 Å². The highest BCUT2D eigenvalue weighted by atomic mass is 16.5. The van der Waals surface area contributed by atoms with Crippen LogP contribution < -0.4 is 5.32 Å². The minimum atomic E-state index is -1.07. The predicted molar refractivity (Wildman–Crippen MR) is 59.7 cm³/mol. The number of urea groups is 1. The lowest BCUT2D eigenvalue weighted by molar-refractivity contribution is -0.140. The third-order valence-electron chi connectivity index (χ3n) is 3.60. The molecule has 0 aromatic heterocycles. The zero-order chi connectivity index (χ0) is 12.4. The Labute approximate surface area is 99.9 Å². The fraction of sp³-hybridized carbons (Fsp3) is 0.818. The molecule has 96 valence electrons. The van der Waals surface area contributed by atoms with Crippen molar-refractivity contribution in [1.29, 1.82) is 0 Å². The lowest BCUT2D eigenvalue weighted by atomic mass is 10.1. The molecule has 2 bridgehead atoms. The number of carboxylic acids is 1. The highest BCUT2D eigenvalue weighted by Gasteiger charge is 2.40. The van der Waals surface area contributed by atoms with Gasteiger partial charge in [0.2, 0.25) is 0 Å². The molecule has 1 aliphatic heterocycles. The van der Waals surface area contributed by atoms with Crippen molar-refractivity contribution in [3.63, 3.8) is 0 Å². The van der Waals surface area contributed by atoms with E-state index in [0.717, 1.165) is 19.4 Å². The van der Waals surface area contributed by atoms with Crippen LogP contribution in [0.2, 0.25) is 0 Å². The van der Waals surface area contributed by atoms with Gasteiger partial charge in [-0.15, -0.1) is 0 Å². The van der Waals surface area contributed by atoms with Crippen molar-refractivity contribution in [2.45, 2.75) is 31.3 Å². The predicted octanol–water partition coefficient (Wildman–Crippen LogP) is 0.280. The number of ether oxygens (including phenoxy) is 1. The molecular formula is C11H18N2O4. The molecule has 0 aromatic carbocycles.